The molecule has 0 aromatic heterocycles. The van der Waals surface area contributed by atoms with Gasteiger partial charge in [-0.15, -0.1) is 0 Å². The van der Waals surface area contributed by atoms with Gasteiger partial charge in [0, 0.05) is 44.8 Å². The summed E-state index contributed by atoms with van der Waals surface area (Å²) in [5.74, 6) is -1.06. The summed E-state index contributed by atoms with van der Waals surface area (Å²) in [5, 5.41) is 3.34. The fourth-order valence-corrected chi connectivity index (χ4v) is 6.49. The van der Waals surface area contributed by atoms with Crippen molar-refractivity contribution in [2.45, 2.75) is 38.9 Å². The van der Waals surface area contributed by atoms with E-state index >= 15 is 0 Å². The molecule has 1 aromatic rings. The van der Waals surface area contributed by atoms with E-state index in [1.54, 1.807) is 4.90 Å². The number of likely N-dealkylation sites (tertiary alicyclic amines) is 1. The van der Waals surface area contributed by atoms with Crippen molar-refractivity contribution in [2.75, 3.05) is 39.0 Å². The van der Waals surface area contributed by atoms with Gasteiger partial charge >= 0.3 is 0 Å². The van der Waals surface area contributed by atoms with Crippen molar-refractivity contribution in [3.63, 3.8) is 0 Å². The van der Waals surface area contributed by atoms with Crippen molar-refractivity contribution in [1.82, 2.24) is 19.4 Å². The largest absolute Gasteiger partial charge is 0.333 e. The third-order valence-corrected chi connectivity index (χ3v) is 7.91. The Balaban J connectivity index is 1.53. The number of sulfonamides is 1. The number of carbonyl (C=O) groups excluding carboxylic acids is 2. The van der Waals surface area contributed by atoms with Crippen LogP contribution in [0.15, 0.2) is 24.3 Å². The molecular formula is C22H32N4O4S. The molecule has 8 nitrogen and oxygen atoms in total. The normalized spacial score (nSPS) is 27.2. The van der Waals surface area contributed by atoms with E-state index in [1.807, 2.05) is 38.1 Å². The lowest BCUT2D eigenvalue weighted by Gasteiger charge is -2.29. The molecule has 3 aliphatic rings. The predicted octanol–water partition coefficient (Wildman–Crippen LogP) is 0.749. The van der Waals surface area contributed by atoms with Gasteiger partial charge in [0.1, 0.15) is 0 Å². The maximum atomic E-state index is 13.4. The fraction of sp³-hybridized carbons (Fsp3) is 0.636. The third kappa shape index (κ3) is 4.23. The Morgan fingerprint density at radius 1 is 1.13 bits per heavy atom. The van der Waals surface area contributed by atoms with Crippen LogP contribution in [0.4, 0.5) is 0 Å². The number of piperazine rings is 1. The fourth-order valence-electron chi connectivity index (χ4n) is 5.32. The zero-order valence-corrected chi connectivity index (χ0v) is 19.3. The minimum atomic E-state index is -3.67. The second-order valence-electron chi connectivity index (χ2n) is 9.24. The number of nitrogens with zero attached hydrogens (tertiary/aromatic N) is 3. The van der Waals surface area contributed by atoms with Crippen LogP contribution in [-0.2, 0) is 21.4 Å². The van der Waals surface area contributed by atoms with Crippen molar-refractivity contribution in [3.05, 3.63) is 35.4 Å². The number of nitrogens with one attached hydrogen (secondary N) is 1. The molecule has 31 heavy (non-hydrogen) atoms. The van der Waals surface area contributed by atoms with E-state index in [4.69, 9.17) is 0 Å². The quantitative estimate of drug-likeness (QED) is 0.715. The summed E-state index contributed by atoms with van der Waals surface area (Å²) in [6, 6.07) is 6.81. The van der Waals surface area contributed by atoms with Crippen LogP contribution in [0.2, 0.25) is 0 Å². The summed E-state index contributed by atoms with van der Waals surface area (Å²) < 4.78 is 25.6. The molecule has 3 saturated heterocycles. The van der Waals surface area contributed by atoms with Crippen molar-refractivity contribution in [3.8, 4) is 0 Å². The van der Waals surface area contributed by atoms with Crippen LogP contribution in [0.25, 0.3) is 0 Å². The Morgan fingerprint density at radius 2 is 1.77 bits per heavy atom. The van der Waals surface area contributed by atoms with Gasteiger partial charge in [-0.2, -0.15) is 0 Å². The number of hydrogen-bond acceptors (Lipinski definition) is 6. The van der Waals surface area contributed by atoms with E-state index in [0.29, 0.717) is 18.5 Å². The van der Waals surface area contributed by atoms with Gasteiger partial charge in [-0.3, -0.25) is 14.5 Å². The van der Waals surface area contributed by atoms with Crippen LogP contribution in [0.1, 0.15) is 36.2 Å². The average molecular weight is 449 g/mol. The molecule has 1 N–H and O–H groups in total. The number of benzene rings is 1. The molecule has 0 bridgehead atoms. The first-order valence-electron chi connectivity index (χ1n) is 11.0. The first-order chi connectivity index (χ1) is 14.7. The summed E-state index contributed by atoms with van der Waals surface area (Å²) >= 11 is 0. The molecule has 9 heteroatoms. The van der Waals surface area contributed by atoms with Crippen LogP contribution >= 0.6 is 0 Å². The molecule has 170 valence electrons. The summed E-state index contributed by atoms with van der Waals surface area (Å²) in [4.78, 5) is 30.4. The first-order valence-corrected chi connectivity index (χ1v) is 12.9. The molecule has 3 aliphatic heterocycles. The average Bonchev–Trinajstić information content (AvgIpc) is 3.24. The van der Waals surface area contributed by atoms with E-state index < -0.39 is 28.0 Å². The Kier molecular flexibility index (Phi) is 6.11. The molecular weight excluding hydrogens is 416 g/mol. The standard InChI is InChI=1S/C22H32N4O4S/c1-15(2)19-20-18(26(22(19)28)31(3,29)30)8-11-25(20)21(27)17-6-4-16(5-7-17)14-24-12-9-23-10-13-24/h4-7,15,18-20,23H,8-14H2,1-3H3/t18-,19+,20-/m0/s1. The minimum absolute atomic E-state index is 0.0541. The summed E-state index contributed by atoms with van der Waals surface area (Å²) in [6.45, 7) is 9.16. The Morgan fingerprint density at radius 3 is 2.35 bits per heavy atom. The highest BCUT2D eigenvalue weighted by Gasteiger charge is 2.58. The number of amides is 2. The molecule has 0 spiro atoms. The zero-order valence-electron chi connectivity index (χ0n) is 18.5. The molecule has 2 amide bonds. The highest BCUT2D eigenvalue weighted by molar-refractivity contribution is 7.88. The van der Waals surface area contributed by atoms with Gasteiger partial charge in [0.25, 0.3) is 5.91 Å². The van der Waals surface area contributed by atoms with Crippen LogP contribution in [0.3, 0.4) is 0 Å². The Hall–Kier alpha value is -1.97. The van der Waals surface area contributed by atoms with Gasteiger partial charge in [-0.05, 0) is 30.0 Å². The van der Waals surface area contributed by atoms with Crippen LogP contribution in [0, 0.1) is 11.8 Å². The van der Waals surface area contributed by atoms with E-state index in [-0.39, 0.29) is 17.7 Å². The van der Waals surface area contributed by atoms with E-state index in [1.165, 1.54) is 0 Å². The minimum Gasteiger partial charge on any atom is -0.333 e. The first kappa shape index (κ1) is 22.2. The number of rotatable bonds is 5. The summed E-state index contributed by atoms with van der Waals surface area (Å²) in [7, 11) is -3.67. The van der Waals surface area contributed by atoms with Crippen LogP contribution in [0.5, 0.6) is 0 Å². The second-order valence-corrected chi connectivity index (χ2v) is 11.1. The molecule has 0 saturated carbocycles. The molecule has 4 rings (SSSR count). The molecule has 0 radical (unpaired) electrons. The SMILES string of the molecule is CC(C)[C@H]1C(=O)N(S(C)(=O)=O)[C@H]2CCN(C(=O)c3ccc(CN4CCNCC4)cc3)[C@H]12. The summed E-state index contributed by atoms with van der Waals surface area (Å²) in [5.41, 5.74) is 1.74. The lowest BCUT2D eigenvalue weighted by molar-refractivity contribution is -0.129. The molecule has 1 aromatic carbocycles. The van der Waals surface area contributed by atoms with Crippen LogP contribution < -0.4 is 5.32 Å². The van der Waals surface area contributed by atoms with E-state index in [0.717, 1.165) is 48.8 Å². The monoisotopic (exact) mass is 448 g/mol. The lowest BCUT2D eigenvalue weighted by Crippen LogP contribution is -2.44. The highest BCUT2D eigenvalue weighted by Crippen LogP contribution is 2.41. The number of hydrogen-bond donors (Lipinski definition) is 1. The second kappa shape index (κ2) is 8.52. The van der Waals surface area contributed by atoms with Crippen molar-refractivity contribution in [1.29, 1.82) is 0 Å². The molecule has 3 atom stereocenters. The van der Waals surface area contributed by atoms with Gasteiger partial charge < -0.3 is 10.2 Å². The number of fused-ring (bicyclic) bond motifs is 1. The van der Waals surface area contributed by atoms with E-state index in [2.05, 4.69) is 10.2 Å². The Bertz CT molecular complexity index is 941. The van der Waals surface area contributed by atoms with Crippen molar-refractivity contribution in [2.24, 2.45) is 11.8 Å². The molecule has 0 unspecified atom stereocenters. The van der Waals surface area contributed by atoms with E-state index in [9.17, 15) is 18.0 Å². The maximum Gasteiger partial charge on any atom is 0.254 e. The van der Waals surface area contributed by atoms with Crippen molar-refractivity contribution < 1.29 is 18.0 Å². The number of carbonyl (C=O) groups is 2. The zero-order chi connectivity index (χ0) is 22.3. The highest BCUT2D eigenvalue weighted by atomic mass is 32.2. The van der Waals surface area contributed by atoms with Crippen molar-refractivity contribution >= 4 is 21.8 Å². The lowest BCUT2D eigenvalue weighted by atomic mass is 9.88. The molecule has 0 aliphatic carbocycles. The Labute approximate surface area is 184 Å². The van der Waals surface area contributed by atoms with Crippen LogP contribution in [-0.4, -0.2) is 85.4 Å². The summed E-state index contributed by atoms with van der Waals surface area (Å²) in [6.07, 6.45) is 1.56. The smallest absolute Gasteiger partial charge is 0.254 e. The van der Waals surface area contributed by atoms with Gasteiger partial charge in [-0.1, -0.05) is 26.0 Å². The molecule has 3 heterocycles. The predicted molar refractivity (Wildman–Crippen MR) is 118 cm³/mol. The third-order valence-electron chi connectivity index (χ3n) is 6.74. The van der Waals surface area contributed by atoms with Gasteiger partial charge in [0.15, 0.2) is 0 Å². The van der Waals surface area contributed by atoms with Gasteiger partial charge in [0.2, 0.25) is 15.9 Å². The molecule has 3 fully saturated rings. The van der Waals surface area contributed by atoms with Gasteiger partial charge in [-0.25, -0.2) is 12.7 Å². The maximum absolute atomic E-state index is 13.4. The topological polar surface area (TPSA) is 90.0 Å². The van der Waals surface area contributed by atoms with Gasteiger partial charge in [0.05, 0.1) is 24.3 Å².